The summed E-state index contributed by atoms with van der Waals surface area (Å²) < 4.78 is 3.17. The summed E-state index contributed by atoms with van der Waals surface area (Å²) in [6.45, 7) is 0. The molecule has 0 aliphatic heterocycles. The van der Waals surface area contributed by atoms with Crippen molar-refractivity contribution in [2.45, 2.75) is 38.0 Å². The second-order valence-corrected chi connectivity index (χ2v) is 8.00. The molecule has 1 saturated carbocycles. The van der Waals surface area contributed by atoms with E-state index in [1.54, 1.807) is 35.1 Å². The molecule has 0 unspecified atom stereocenters. The van der Waals surface area contributed by atoms with E-state index in [9.17, 15) is 4.79 Å². The van der Waals surface area contributed by atoms with Crippen LogP contribution in [-0.2, 0) is 0 Å². The van der Waals surface area contributed by atoms with Crippen LogP contribution in [0.15, 0.2) is 41.5 Å². The van der Waals surface area contributed by atoms with Crippen molar-refractivity contribution in [2.24, 2.45) is 0 Å². The summed E-state index contributed by atoms with van der Waals surface area (Å²) in [4.78, 5) is 22.1. The average molecular weight is 414 g/mol. The van der Waals surface area contributed by atoms with Gasteiger partial charge in [0.25, 0.3) is 11.3 Å². The van der Waals surface area contributed by atoms with Gasteiger partial charge in [-0.1, -0.05) is 42.5 Å². The quantitative estimate of drug-likeness (QED) is 0.474. The second kappa shape index (κ2) is 6.87. The van der Waals surface area contributed by atoms with Crippen molar-refractivity contribution in [2.75, 3.05) is 0 Å². The third kappa shape index (κ3) is 2.88. The maximum absolute atomic E-state index is 13.1. The minimum atomic E-state index is -0.217. The largest absolute Gasteiger partial charge is 0.282 e. The SMILES string of the molecule is O=c1c2cnc3nc(C4CCCCC4)nn3c2ccn1-c1ccc(Cl)cc1Cl. The molecule has 0 bridgehead atoms. The maximum Gasteiger partial charge on any atom is 0.266 e. The standard InChI is InChI=1S/C20H17Cl2N5O/c21-13-6-7-17(15(22)10-13)26-9-8-16-14(19(26)28)11-23-20-24-18(25-27(16)20)12-4-2-1-3-5-12/h6-12H,1-5H2. The van der Waals surface area contributed by atoms with Crippen molar-refractivity contribution in [1.82, 2.24) is 24.1 Å². The predicted octanol–water partition coefficient (Wildman–Crippen LogP) is 4.78. The topological polar surface area (TPSA) is 65.1 Å². The fourth-order valence-corrected chi connectivity index (χ4v) is 4.43. The third-order valence-electron chi connectivity index (χ3n) is 5.39. The van der Waals surface area contributed by atoms with Crippen LogP contribution in [-0.4, -0.2) is 24.1 Å². The number of aromatic nitrogens is 5. The first-order valence-electron chi connectivity index (χ1n) is 9.34. The lowest BCUT2D eigenvalue weighted by molar-refractivity contribution is 0.429. The van der Waals surface area contributed by atoms with Crippen molar-refractivity contribution < 1.29 is 0 Å². The molecule has 28 heavy (non-hydrogen) atoms. The number of nitrogens with zero attached hydrogens (tertiary/aromatic N) is 5. The normalized spacial score (nSPS) is 15.5. The molecule has 5 rings (SSSR count). The molecule has 0 spiro atoms. The Morgan fingerprint density at radius 3 is 2.68 bits per heavy atom. The lowest BCUT2D eigenvalue weighted by Crippen LogP contribution is -2.19. The van der Waals surface area contributed by atoms with Gasteiger partial charge in [-0.05, 0) is 37.1 Å². The maximum atomic E-state index is 13.1. The number of hydrogen-bond donors (Lipinski definition) is 0. The molecule has 0 N–H and O–H groups in total. The number of pyridine rings is 1. The summed E-state index contributed by atoms with van der Waals surface area (Å²) in [6.07, 6.45) is 9.17. The first-order chi connectivity index (χ1) is 13.6. The molecule has 6 nitrogen and oxygen atoms in total. The van der Waals surface area contributed by atoms with Gasteiger partial charge >= 0.3 is 0 Å². The highest BCUT2D eigenvalue weighted by atomic mass is 35.5. The molecule has 1 fully saturated rings. The molecule has 0 amide bonds. The predicted molar refractivity (Wildman–Crippen MR) is 110 cm³/mol. The van der Waals surface area contributed by atoms with Gasteiger partial charge in [-0.25, -0.2) is 4.98 Å². The van der Waals surface area contributed by atoms with Crippen molar-refractivity contribution in [1.29, 1.82) is 0 Å². The molecule has 0 atom stereocenters. The van der Waals surface area contributed by atoms with E-state index < -0.39 is 0 Å². The van der Waals surface area contributed by atoms with Crippen LogP contribution in [0.25, 0.3) is 22.4 Å². The van der Waals surface area contributed by atoms with Crippen LogP contribution < -0.4 is 5.56 Å². The van der Waals surface area contributed by atoms with Crippen molar-refractivity contribution in [3.63, 3.8) is 0 Å². The summed E-state index contributed by atoms with van der Waals surface area (Å²) >= 11 is 12.3. The minimum absolute atomic E-state index is 0.217. The number of hydrogen-bond acceptors (Lipinski definition) is 4. The molecule has 1 aromatic carbocycles. The van der Waals surface area contributed by atoms with Gasteiger partial charge in [0.2, 0.25) is 0 Å². The van der Waals surface area contributed by atoms with Crippen LogP contribution in [0.3, 0.4) is 0 Å². The van der Waals surface area contributed by atoms with E-state index in [-0.39, 0.29) is 5.56 Å². The third-order valence-corrected chi connectivity index (χ3v) is 5.93. The molecule has 8 heteroatoms. The Morgan fingerprint density at radius 1 is 1.07 bits per heavy atom. The molecular formula is C20H17Cl2N5O. The fourth-order valence-electron chi connectivity index (χ4n) is 3.93. The summed E-state index contributed by atoms with van der Waals surface area (Å²) in [5.74, 6) is 1.72. The van der Waals surface area contributed by atoms with Gasteiger partial charge in [0, 0.05) is 23.3 Å². The van der Waals surface area contributed by atoms with Gasteiger partial charge < -0.3 is 0 Å². The first kappa shape index (κ1) is 17.6. The summed E-state index contributed by atoms with van der Waals surface area (Å²) in [5.41, 5.74) is 1.04. The first-order valence-corrected chi connectivity index (χ1v) is 10.1. The Kier molecular flexibility index (Phi) is 4.33. The Bertz CT molecular complexity index is 1260. The van der Waals surface area contributed by atoms with Gasteiger partial charge in [-0.3, -0.25) is 9.36 Å². The summed E-state index contributed by atoms with van der Waals surface area (Å²) in [6, 6.07) is 6.88. The van der Waals surface area contributed by atoms with Crippen molar-refractivity contribution >= 4 is 39.9 Å². The Balaban J connectivity index is 1.67. The molecule has 1 aliphatic carbocycles. The van der Waals surface area contributed by atoms with Gasteiger partial charge in [-0.15, -0.1) is 5.10 Å². The van der Waals surface area contributed by atoms with Crippen LogP contribution in [0.4, 0.5) is 0 Å². The Hall–Kier alpha value is -2.44. The van der Waals surface area contributed by atoms with Gasteiger partial charge in [0.1, 0.15) is 0 Å². The highest BCUT2D eigenvalue weighted by Crippen LogP contribution is 2.31. The Labute approximate surface area is 170 Å². The minimum Gasteiger partial charge on any atom is -0.282 e. The molecule has 3 aromatic heterocycles. The van der Waals surface area contributed by atoms with E-state index in [0.717, 1.165) is 18.7 Å². The molecule has 1 aliphatic rings. The van der Waals surface area contributed by atoms with E-state index in [4.69, 9.17) is 23.2 Å². The lowest BCUT2D eigenvalue weighted by atomic mass is 9.89. The van der Waals surface area contributed by atoms with E-state index in [0.29, 0.717) is 38.3 Å². The van der Waals surface area contributed by atoms with Gasteiger partial charge in [0.05, 0.1) is 21.6 Å². The van der Waals surface area contributed by atoms with E-state index in [1.807, 2.05) is 6.07 Å². The molecular weight excluding hydrogens is 397 g/mol. The molecule has 0 radical (unpaired) electrons. The highest BCUT2D eigenvalue weighted by molar-refractivity contribution is 6.35. The molecule has 0 saturated heterocycles. The van der Waals surface area contributed by atoms with E-state index >= 15 is 0 Å². The zero-order valence-electron chi connectivity index (χ0n) is 15.0. The van der Waals surface area contributed by atoms with Crippen LogP contribution in [0, 0.1) is 0 Å². The smallest absolute Gasteiger partial charge is 0.266 e. The number of halogens is 2. The summed E-state index contributed by atoms with van der Waals surface area (Å²) in [7, 11) is 0. The zero-order chi connectivity index (χ0) is 19.3. The van der Waals surface area contributed by atoms with Gasteiger partial charge in [0.15, 0.2) is 5.82 Å². The summed E-state index contributed by atoms with van der Waals surface area (Å²) in [5, 5.41) is 6.07. The van der Waals surface area contributed by atoms with E-state index in [2.05, 4.69) is 15.1 Å². The molecule has 142 valence electrons. The lowest BCUT2D eigenvalue weighted by Gasteiger charge is -2.17. The Morgan fingerprint density at radius 2 is 1.89 bits per heavy atom. The molecule has 3 heterocycles. The monoisotopic (exact) mass is 413 g/mol. The van der Waals surface area contributed by atoms with Crippen molar-refractivity contribution in [3.05, 3.63) is 62.9 Å². The van der Waals surface area contributed by atoms with Crippen LogP contribution in [0.2, 0.25) is 10.0 Å². The van der Waals surface area contributed by atoms with Crippen LogP contribution >= 0.6 is 23.2 Å². The number of benzene rings is 1. The zero-order valence-corrected chi connectivity index (χ0v) is 16.5. The fraction of sp³-hybridized carbons (Fsp3) is 0.300. The number of fused-ring (bicyclic) bond motifs is 3. The van der Waals surface area contributed by atoms with Crippen molar-refractivity contribution in [3.8, 4) is 5.69 Å². The second-order valence-electron chi connectivity index (χ2n) is 7.16. The van der Waals surface area contributed by atoms with Crippen LogP contribution in [0.5, 0.6) is 0 Å². The van der Waals surface area contributed by atoms with Gasteiger partial charge in [-0.2, -0.15) is 9.50 Å². The molecule has 4 aromatic rings. The average Bonchev–Trinajstić information content (AvgIpc) is 3.14. The van der Waals surface area contributed by atoms with Crippen LogP contribution in [0.1, 0.15) is 43.8 Å². The van der Waals surface area contributed by atoms with E-state index in [1.165, 1.54) is 23.8 Å². The number of rotatable bonds is 2. The highest BCUT2D eigenvalue weighted by Gasteiger charge is 2.21.